The van der Waals surface area contributed by atoms with Crippen LogP contribution in [-0.2, 0) is 9.05 Å². The number of fused-ring (bicyclic) bond motifs is 1. The van der Waals surface area contributed by atoms with Gasteiger partial charge in [0.1, 0.15) is 5.01 Å². The topological polar surface area (TPSA) is 65.5 Å². The minimum atomic E-state index is -3.86. The highest BCUT2D eigenvalue weighted by molar-refractivity contribution is 8.13. The van der Waals surface area contributed by atoms with E-state index in [0.29, 0.717) is 27.6 Å². The van der Waals surface area contributed by atoms with E-state index in [1.807, 2.05) is 6.07 Å². The van der Waals surface area contributed by atoms with E-state index < -0.39 is 9.05 Å². The largest absolute Gasteiger partial charge is 0.493 e. The van der Waals surface area contributed by atoms with E-state index in [-0.39, 0.29) is 4.90 Å². The molecule has 0 fully saturated rings. The lowest BCUT2D eigenvalue weighted by molar-refractivity contribution is 0.356. The molecule has 0 aliphatic heterocycles. The molecule has 2 aromatic carbocycles. The van der Waals surface area contributed by atoms with E-state index in [0.717, 1.165) is 4.70 Å². The lowest BCUT2D eigenvalue weighted by Crippen LogP contribution is -1.93. The summed E-state index contributed by atoms with van der Waals surface area (Å²) in [5, 5.41) is 0.565. The predicted molar refractivity (Wildman–Crippen MR) is 91.2 cm³/mol. The molecule has 23 heavy (non-hydrogen) atoms. The zero-order chi connectivity index (χ0) is 16.6. The summed E-state index contributed by atoms with van der Waals surface area (Å²) in [6.45, 7) is 0. The Labute approximate surface area is 141 Å². The first kappa shape index (κ1) is 16.0. The van der Waals surface area contributed by atoms with Crippen LogP contribution < -0.4 is 9.47 Å². The molecule has 0 spiro atoms. The van der Waals surface area contributed by atoms with Crippen LogP contribution in [0.25, 0.3) is 20.8 Å². The summed E-state index contributed by atoms with van der Waals surface area (Å²) >= 11 is 1.36. The van der Waals surface area contributed by atoms with Crippen LogP contribution in [-0.4, -0.2) is 27.6 Å². The Morgan fingerprint density at radius 3 is 2.39 bits per heavy atom. The summed E-state index contributed by atoms with van der Waals surface area (Å²) in [5.74, 6) is 1.16. The Morgan fingerprint density at radius 2 is 1.74 bits per heavy atom. The van der Waals surface area contributed by atoms with Gasteiger partial charge < -0.3 is 9.47 Å². The van der Waals surface area contributed by atoms with Crippen molar-refractivity contribution >= 4 is 41.3 Å². The number of halogens is 1. The first-order valence-corrected chi connectivity index (χ1v) is 9.63. The zero-order valence-corrected chi connectivity index (χ0v) is 14.6. The van der Waals surface area contributed by atoms with Crippen molar-refractivity contribution in [2.24, 2.45) is 0 Å². The van der Waals surface area contributed by atoms with Crippen LogP contribution in [0.15, 0.2) is 41.3 Å². The van der Waals surface area contributed by atoms with E-state index in [1.54, 1.807) is 38.5 Å². The molecule has 0 aliphatic rings. The molecule has 0 aliphatic carbocycles. The molecule has 0 amide bonds. The van der Waals surface area contributed by atoms with Crippen LogP contribution in [0.3, 0.4) is 0 Å². The van der Waals surface area contributed by atoms with Gasteiger partial charge >= 0.3 is 0 Å². The van der Waals surface area contributed by atoms with Crippen molar-refractivity contribution in [1.82, 2.24) is 4.98 Å². The molecule has 0 N–H and O–H groups in total. The lowest BCUT2D eigenvalue weighted by Gasteiger charge is -2.05. The molecular weight excluding hydrogens is 358 g/mol. The fourth-order valence-corrected chi connectivity index (χ4v) is 4.38. The third-order valence-electron chi connectivity index (χ3n) is 3.27. The van der Waals surface area contributed by atoms with Gasteiger partial charge in [-0.25, -0.2) is 13.4 Å². The third-order valence-corrected chi connectivity index (χ3v) is 5.71. The van der Waals surface area contributed by atoms with Gasteiger partial charge in [0.05, 0.1) is 29.3 Å². The summed E-state index contributed by atoms with van der Waals surface area (Å²) in [5.41, 5.74) is 1.17. The van der Waals surface area contributed by atoms with Crippen molar-refractivity contribution < 1.29 is 17.9 Å². The number of benzene rings is 2. The Hall–Kier alpha value is -1.83. The molecule has 0 saturated carbocycles. The van der Waals surface area contributed by atoms with Gasteiger partial charge in [0.2, 0.25) is 0 Å². The number of rotatable bonds is 4. The van der Waals surface area contributed by atoms with Gasteiger partial charge in [0.15, 0.2) is 11.5 Å². The second-order valence-electron chi connectivity index (χ2n) is 4.63. The van der Waals surface area contributed by atoms with E-state index >= 15 is 0 Å². The van der Waals surface area contributed by atoms with Crippen LogP contribution in [0, 0.1) is 0 Å². The molecule has 1 aromatic heterocycles. The monoisotopic (exact) mass is 369 g/mol. The maximum absolute atomic E-state index is 11.7. The highest BCUT2D eigenvalue weighted by Gasteiger charge is 2.19. The smallest absolute Gasteiger partial charge is 0.262 e. The maximum atomic E-state index is 11.7. The van der Waals surface area contributed by atoms with Gasteiger partial charge in [0, 0.05) is 28.4 Å². The molecule has 120 valence electrons. The molecule has 1 heterocycles. The van der Waals surface area contributed by atoms with Gasteiger partial charge in [-0.3, -0.25) is 0 Å². The summed E-state index contributed by atoms with van der Waals surface area (Å²) in [6, 6.07) is 10.1. The summed E-state index contributed by atoms with van der Waals surface area (Å²) < 4.78 is 34.9. The Kier molecular flexibility index (Phi) is 4.18. The highest BCUT2D eigenvalue weighted by atomic mass is 35.7. The summed E-state index contributed by atoms with van der Waals surface area (Å²) in [4.78, 5) is 4.54. The number of thiazole rings is 1. The number of methoxy groups -OCH3 is 2. The number of nitrogens with zero attached hydrogens (tertiary/aromatic N) is 1. The van der Waals surface area contributed by atoms with Crippen molar-refractivity contribution in [1.29, 1.82) is 0 Å². The predicted octanol–water partition coefficient (Wildman–Crippen LogP) is 3.91. The van der Waals surface area contributed by atoms with Crippen molar-refractivity contribution in [2.75, 3.05) is 14.2 Å². The first-order chi connectivity index (χ1) is 10.9. The third kappa shape index (κ3) is 2.99. The Balaban J connectivity index is 2.23. The number of aromatic nitrogens is 1. The average Bonchev–Trinajstić information content (AvgIpc) is 2.95. The Morgan fingerprint density at radius 1 is 1.09 bits per heavy atom. The Bertz CT molecular complexity index is 941. The lowest BCUT2D eigenvalue weighted by atomic mass is 10.2. The van der Waals surface area contributed by atoms with Crippen LogP contribution >= 0.6 is 22.0 Å². The second kappa shape index (κ2) is 5.99. The van der Waals surface area contributed by atoms with Crippen molar-refractivity contribution in [3.05, 3.63) is 36.4 Å². The van der Waals surface area contributed by atoms with E-state index in [2.05, 4.69) is 4.98 Å². The molecule has 0 saturated heterocycles. The van der Waals surface area contributed by atoms with Crippen LogP contribution in [0.1, 0.15) is 0 Å². The molecule has 0 atom stereocenters. The fraction of sp³-hybridized carbons (Fsp3) is 0.133. The van der Waals surface area contributed by atoms with Crippen molar-refractivity contribution in [2.45, 2.75) is 4.90 Å². The van der Waals surface area contributed by atoms with Gasteiger partial charge in [-0.05, 0) is 6.07 Å². The molecule has 3 rings (SSSR count). The fourth-order valence-electron chi connectivity index (χ4n) is 2.23. The zero-order valence-electron chi connectivity index (χ0n) is 12.2. The van der Waals surface area contributed by atoms with Crippen LogP contribution in [0.2, 0.25) is 0 Å². The number of ether oxygens (including phenoxy) is 2. The van der Waals surface area contributed by atoms with E-state index in [1.165, 1.54) is 17.4 Å². The van der Waals surface area contributed by atoms with Gasteiger partial charge in [0.25, 0.3) is 9.05 Å². The minimum Gasteiger partial charge on any atom is -0.493 e. The minimum absolute atomic E-state index is 0.0413. The molecule has 0 bridgehead atoms. The summed E-state index contributed by atoms with van der Waals surface area (Å²) in [6.07, 6.45) is 0. The average molecular weight is 370 g/mol. The van der Waals surface area contributed by atoms with Crippen molar-refractivity contribution in [3.63, 3.8) is 0 Å². The number of hydrogen-bond donors (Lipinski definition) is 0. The van der Waals surface area contributed by atoms with E-state index in [9.17, 15) is 8.42 Å². The molecule has 8 heteroatoms. The normalized spacial score (nSPS) is 11.6. The van der Waals surface area contributed by atoms with Gasteiger partial charge in [-0.2, -0.15) is 0 Å². The van der Waals surface area contributed by atoms with Crippen LogP contribution in [0.4, 0.5) is 0 Å². The molecule has 3 aromatic rings. The van der Waals surface area contributed by atoms with Gasteiger partial charge in [-0.15, -0.1) is 11.3 Å². The van der Waals surface area contributed by atoms with Crippen molar-refractivity contribution in [3.8, 4) is 22.1 Å². The molecule has 5 nitrogen and oxygen atoms in total. The standard InChI is InChI=1S/C15H12ClNO4S2/c1-20-11-7-10-13(8-12(11)21-2)22-15(17-10)9-5-3-4-6-14(9)23(16,18)19/h3-8H,1-2H3. The summed E-state index contributed by atoms with van der Waals surface area (Å²) in [7, 11) is 4.77. The van der Waals surface area contributed by atoms with Gasteiger partial charge in [-0.1, -0.05) is 18.2 Å². The van der Waals surface area contributed by atoms with E-state index in [4.69, 9.17) is 20.2 Å². The molecule has 0 unspecified atom stereocenters. The maximum Gasteiger partial charge on any atom is 0.262 e. The first-order valence-electron chi connectivity index (χ1n) is 6.50. The second-order valence-corrected chi connectivity index (χ2v) is 8.19. The SMILES string of the molecule is COc1cc2nc(-c3ccccc3S(=O)(=O)Cl)sc2cc1OC. The van der Waals surface area contributed by atoms with Crippen LogP contribution in [0.5, 0.6) is 11.5 Å². The molecule has 0 radical (unpaired) electrons. The number of hydrogen-bond acceptors (Lipinski definition) is 6. The highest BCUT2D eigenvalue weighted by Crippen LogP contribution is 2.39. The quantitative estimate of drug-likeness (QED) is 0.652. The molecular formula is C15H12ClNO4S2.